The van der Waals surface area contributed by atoms with Gasteiger partial charge in [0.2, 0.25) is 5.91 Å². The summed E-state index contributed by atoms with van der Waals surface area (Å²) in [6.07, 6.45) is 0. The lowest BCUT2D eigenvalue weighted by Crippen LogP contribution is -2.44. The number of nitrogens with zero attached hydrogens (tertiary/aromatic N) is 2. The zero-order valence-electron chi connectivity index (χ0n) is 20.3. The molecule has 3 aromatic carbocycles. The largest absolute Gasteiger partial charge is 0.497 e. The predicted molar refractivity (Wildman–Crippen MR) is 142 cm³/mol. The van der Waals surface area contributed by atoms with Gasteiger partial charge in [-0.2, -0.15) is 4.37 Å². The van der Waals surface area contributed by atoms with Gasteiger partial charge in [0.25, 0.3) is 11.8 Å². The number of rotatable bonds is 9. The van der Waals surface area contributed by atoms with E-state index in [9.17, 15) is 18.8 Å². The number of nitrogen functional groups attached to an aromatic ring is 1. The van der Waals surface area contributed by atoms with Gasteiger partial charge < -0.3 is 21.5 Å². The Bertz CT molecular complexity index is 1460. The molecule has 4 aromatic rings. The number of hydrogen-bond donors (Lipinski definition) is 3. The second-order valence-corrected chi connectivity index (χ2v) is 8.95. The van der Waals surface area contributed by atoms with E-state index in [0.29, 0.717) is 28.5 Å². The molecule has 194 valence electrons. The average molecular weight is 534 g/mol. The molecular weight excluding hydrogens is 509 g/mol. The van der Waals surface area contributed by atoms with Gasteiger partial charge in [0, 0.05) is 18.3 Å². The van der Waals surface area contributed by atoms with Crippen LogP contribution in [0.3, 0.4) is 0 Å². The number of ether oxygens (including phenoxy) is 1. The Morgan fingerprint density at radius 1 is 1.05 bits per heavy atom. The van der Waals surface area contributed by atoms with Gasteiger partial charge in [-0.3, -0.25) is 19.3 Å². The Hall–Kier alpha value is -4.77. The van der Waals surface area contributed by atoms with Gasteiger partial charge in [-0.05, 0) is 46.9 Å². The molecule has 5 N–H and O–H groups in total. The van der Waals surface area contributed by atoms with Crippen molar-refractivity contribution >= 4 is 40.6 Å². The molecule has 9 nitrogen and oxygen atoms in total. The number of amides is 3. The summed E-state index contributed by atoms with van der Waals surface area (Å²) < 4.78 is 23.1. The lowest BCUT2D eigenvalue weighted by Gasteiger charge is -2.31. The minimum absolute atomic E-state index is 0.0791. The van der Waals surface area contributed by atoms with Crippen molar-refractivity contribution < 1.29 is 23.5 Å². The first-order chi connectivity index (χ1) is 18.3. The Balaban J connectivity index is 1.84. The van der Waals surface area contributed by atoms with Crippen molar-refractivity contribution in [2.75, 3.05) is 17.7 Å². The second kappa shape index (κ2) is 11.5. The molecule has 11 heteroatoms. The molecule has 0 radical (unpaired) electrons. The zero-order chi connectivity index (χ0) is 27.2. The van der Waals surface area contributed by atoms with Crippen LogP contribution >= 0.6 is 11.5 Å². The van der Waals surface area contributed by atoms with E-state index in [4.69, 9.17) is 16.2 Å². The Morgan fingerprint density at radius 2 is 1.76 bits per heavy atom. The number of primary amides is 1. The summed E-state index contributed by atoms with van der Waals surface area (Å²) in [5, 5.41) is 2.86. The van der Waals surface area contributed by atoms with E-state index in [2.05, 4.69) is 9.69 Å². The van der Waals surface area contributed by atoms with E-state index in [-0.39, 0.29) is 22.8 Å². The number of anilines is 2. The van der Waals surface area contributed by atoms with Crippen LogP contribution in [0.25, 0.3) is 0 Å². The summed E-state index contributed by atoms with van der Waals surface area (Å²) >= 11 is 0.693. The van der Waals surface area contributed by atoms with Gasteiger partial charge in [-0.25, -0.2) is 4.39 Å². The van der Waals surface area contributed by atoms with Crippen LogP contribution in [0.15, 0.2) is 78.9 Å². The molecule has 1 atom stereocenters. The summed E-state index contributed by atoms with van der Waals surface area (Å²) in [5.41, 5.74) is 12.5. The van der Waals surface area contributed by atoms with E-state index in [0.717, 1.165) is 5.56 Å². The quantitative estimate of drug-likeness (QED) is 0.300. The van der Waals surface area contributed by atoms with Crippen molar-refractivity contribution in [3.63, 3.8) is 0 Å². The predicted octanol–water partition coefficient (Wildman–Crippen LogP) is 3.68. The van der Waals surface area contributed by atoms with E-state index in [1.54, 1.807) is 24.3 Å². The van der Waals surface area contributed by atoms with Gasteiger partial charge in [-0.1, -0.05) is 48.5 Å². The molecule has 0 unspecified atom stereocenters. The maximum absolute atomic E-state index is 14.0. The van der Waals surface area contributed by atoms with E-state index >= 15 is 0 Å². The third kappa shape index (κ3) is 5.62. The van der Waals surface area contributed by atoms with Crippen molar-refractivity contribution in [1.82, 2.24) is 9.69 Å². The molecule has 0 aliphatic carbocycles. The van der Waals surface area contributed by atoms with Crippen LogP contribution in [0.1, 0.15) is 37.3 Å². The molecule has 1 aromatic heterocycles. The molecule has 0 saturated heterocycles. The number of methoxy groups -OCH3 is 1. The number of nitrogens with two attached hydrogens (primary N) is 2. The summed E-state index contributed by atoms with van der Waals surface area (Å²) in [5.74, 6) is -2.20. The number of carbonyl (C=O) groups excluding carboxylic acids is 3. The maximum Gasteiger partial charge on any atom is 0.273 e. The minimum Gasteiger partial charge on any atom is -0.497 e. The van der Waals surface area contributed by atoms with Crippen molar-refractivity contribution in [2.24, 2.45) is 5.73 Å². The fourth-order valence-electron chi connectivity index (χ4n) is 3.83. The summed E-state index contributed by atoms with van der Waals surface area (Å²) in [6, 6.07) is 19.8. The minimum atomic E-state index is -1.25. The first-order valence-electron chi connectivity index (χ1n) is 11.4. The zero-order valence-corrected chi connectivity index (χ0v) is 21.1. The standard InChI is InChI=1S/C27H24FN5O4S/c1-37-20-9-5-8-19(14-20)33(27(36)24-21(29)22(25(30)34)32-38-24)23(17-10-12-18(28)13-11-17)26(35)31-15-16-6-3-2-4-7-16/h2-14,23H,15,29H2,1H3,(H2,30,34)(H,31,35)/t23-/m1/s1. The fraction of sp³-hybridized carbons (Fsp3) is 0.111. The van der Waals surface area contributed by atoms with Crippen molar-refractivity contribution in [3.05, 3.63) is 106 Å². The Labute approximate surface area is 222 Å². The highest BCUT2D eigenvalue weighted by Crippen LogP contribution is 2.34. The highest BCUT2D eigenvalue weighted by Gasteiger charge is 2.36. The Kier molecular flexibility index (Phi) is 7.97. The molecule has 38 heavy (non-hydrogen) atoms. The van der Waals surface area contributed by atoms with E-state index in [1.165, 1.54) is 36.3 Å². The first kappa shape index (κ1) is 26.3. The monoisotopic (exact) mass is 533 g/mol. The number of carbonyl (C=O) groups is 3. The molecule has 0 bridgehead atoms. The third-order valence-corrected chi connectivity index (χ3v) is 6.56. The van der Waals surface area contributed by atoms with Gasteiger partial charge in [0.05, 0.1) is 12.8 Å². The van der Waals surface area contributed by atoms with Crippen LogP contribution in [0.2, 0.25) is 0 Å². The van der Waals surface area contributed by atoms with Crippen LogP contribution < -0.4 is 26.4 Å². The molecule has 1 heterocycles. The van der Waals surface area contributed by atoms with Crippen molar-refractivity contribution in [2.45, 2.75) is 12.6 Å². The van der Waals surface area contributed by atoms with Gasteiger partial charge in [0.15, 0.2) is 5.69 Å². The molecular formula is C27H24FN5O4S. The number of aromatic nitrogens is 1. The van der Waals surface area contributed by atoms with Gasteiger partial charge in [0.1, 0.15) is 22.5 Å². The molecule has 0 aliphatic heterocycles. The number of hydrogen-bond acceptors (Lipinski definition) is 7. The smallest absolute Gasteiger partial charge is 0.273 e. The fourth-order valence-corrected chi connectivity index (χ4v) is 4.57. The highest BCUT2D eigenvalue weighted by molar-refractivity contribution is 7.09. The van der Waals surface area contributed by atoms with E-state index < -0.39 is 29.6 Å². The van der Waals surface area contributed by atoms with Crippen LogP contribution in [0.4, 0.5) is 15.8 Å². The molecule has 4 rings (SSSR count). The van der Waals surface area contributed by atoms with Crippen molar-refractivity contribution in [3.8, 4) is 5.75 Å². The normalized spacial score (nSPS) is 11.4. The lowest BCUT2D eigenvalue weighted by molar-refractivity contribution is -0.122. The molecule has 0 spiro atoms. The van der Waals surface area contributed by atoms with Crippen LogP contribution in [0, 0.1) is 5.82 Å². The SMILES string of the molecule is COc1cccc(N(C(=O)c2snc(C(N)=O)c2N)[C@@H](C(=O)NCc2ccccc2)c2ccc(F)cc2)c1. The van der Waals surface area contributed by atoms with Gasteiger partial charge in [-0.15, -0.1) is 0 Å². The summed E-state index contributed by atoms with van der Waals surface area (Å²) in [4.78, 5) is 40.7. The number of nitrogens with one attached hydrogen (secondary N) is 1. The first-order valence-corrected chi connectivity index (χ1v) is 12.2. The van der Waals surface area contributed by atoms with Crippen molar-refractivity contribution in [1.29, 1.82) is 0 Å². The number of benzene rings is 3. The average Bonchev–Trinajstić information content (AvgIpc) is 3.32. The summed E-state index contributed by atoms with van der Waals surface area (Å²) in [6.45, 7) is 0.187. The Morgan fingerprint density at radius 3 is 2.39 bits per heavy atom. The third-order valence-electron chi connectivity index (χ3n) is 5.71. The lowest BCUT2D eigenvalue weighted by atomic mass is 10.0. The number of halogens is 1. The van der Waals surface area contributed by atoms with E-state index in [1.807, 2.05) is 30.3 Å². The van der Waals surface area contributed by atoms with Crippen LogP contribution in [-0.2, 0) is 11.3 Å². The van der Waals surface area contributed by atoms with Gasteiger partial charge >= 0.3 is 0 Å². The van der Waals surface area contributed by atoms with Crippen LogP contribution in [-0.4, -0.2) is 29.2 Å². The second-order valence-electron chi connectivity index (χ2n) is 8.17. The summed E-state index contributed by atoms with van der Waals surface area (Å²) in [7, 11) is 1.47. The van der Waals surface area contributed by atoms with Crippen LogP contribution in [0.5, 0.6) is 5.75 Å². The maximum atomic E-state index is 14.0. The highest BCUT2D eigenvalue weighted by atomic mass is 32.1. The molecule has 0 saturated carbocycles. The molecule has 3 amide bonds. The topological polar surface area (TPSA) is 141 Å². The molecule has 0 fully saturated rings. The molecule has 0 aliphatic rings.